The molecule has 2 aliphatic rings. The number of halogens is 1. The van der Waals surface area contributed by atoms with E-state index in [2.05, 4.69) is 26.8 Å². The molecule has 0 radical (unpaired) electrons. The van der Waals surface area contributed by atoms with Gasteiger partial charge in [0.15, 0.2) is 11.1 Å². The highest BCUT2D eigenvalue weighted by atomic mass is 32.2. The van der Waals surface area contributed by atoms with Crippen LogP contribution < -0.4 is 5.32 Å². The smallest absolute Gasteiger partial charge is 0.298 e. The normalized spacial score (nSPS) is 22.4. The molecule has 1 fully saturated rings. The molecule has 19 heavy (non-hydrogen) atoms. The molecule has 6 heteroatoms. The first kappa shape index (κ1) is 11.2. The number of nitrogens with one attached hydrogen (secondary N) is 1. The van der Waals surface area contributed by atoms with Crippen molar-refractivity contribution >= 4 is 28.9 Å². The highest BCUT2D eigenvalue weighted by Crippen LogP contribution is 2.37. The number of hydrogen-bond donors (Lipinski definition) is 1. The van der Waals surface area contributed by atoms with E-state index in [1.807, 2.05) is 0 Å². The molecule has 1 aromatic carbocycles. The van der Waals surface area contributed by atoms with E-state index in [-0.39, 0.29) is 11.3 Å². The van der Waals surface area contributed by atoms with Crippen LogP contribution >= 0.6 is 11.8 Å². The molecule has 0 saturated heterocycles. The van der Waals surface area contributed by atoms with Crippen LogP contribution in [-0.4, -0.2) is 21.4 Å². The number of rotatable bonds is 3. The van der Waals surface area contributed by atoms with E-state index in [0.29, 0.717) is 23.2 Å². The minimum absolute atomic E-state index is 0.116. The van der Waals surface area contributed by atoms with Crippen LogP contribution in [0.25, 0.3) is 11.1 Å². The van der Waals surface area contributed by atoms with Crippen LogP contribution in [0.5, 0.6) is 0 Å². The number of hydrogen-bond acceptors (Lipinski definition) is 5. The molecule has 1 aliphatic carbocycles. The van der Waals surface area contributed by atoms with Crippen molar-refractivity contribution in [3.63, 3.8) is 0 Å². The fraction of sp³-hybridized carbons (Fsp3) is 0.308. The van der Waals surface area contributed by atoms with Crippen LogP contribution in [-0.2, 0) is 0 Å². The molecule has 2 aromatic rings. The van der Waals surface area contributed by atoms with Gasteiger partial charge in [0, 0.05) is 18.3 Å². The Labute approximate surface area is 113 Å². The minimum atomic E-state index is -0.302. The molecule has 0 spiro atoms. The number of fused-ring (bicyclic) bond motifs is 1. The van der Waals surface area contributed by atoms with Gasteiger partial charge in [-0.2, -0.15) is 4.98 Å². The number of thioether (sulfide) groups is 1. The third-order valence-corrected chi connectivity index (χ3v) is 4.17. The zero-order valence-electron chi connectivity index (χ0n) is 10.0. The minimum Gasteiger partial charge on any atom is -0.423 e. The highest BCUT2D eigenvalue weighted by Gasteiger charge is 2.34. The van der Waals surface area contributed by atoms with E-state index in [0.717, 1.165) is 0 Å². The Hall–Kier alpha value is -1.69. The largest absolute Gasteiger partial charge is 0.423 e. The molecule has 1 saturated carbocycles. The van der Waals surface area contributed by atoms with Gasteiger partial charge in [-0.05, 0) is 30.4 Å². The number of oxazole rings is 1. The molecule has 4 nitrogen and oxygen atoms in total. The summed E-state index contributed by atoms with van der Waals surface area (Å²) in [4.78, 5) is 6.54. The number of benzene rings is 1. The van der Waals surface area contributed by atoms with Crippen LogP contribution in [0.2, 0.25) is 0 Å². The summed E-state index contributed by atoms with van der Waals surface area (Å²) in [6, 6.07) is 5.42. The summed E-state index contributed by atoms with van der Waals surface area (Å²) < 4.78 is 18.7. The summed E-state index contributed by atoms with van der Waals surface area (Å²) in [5.41, 5.74) is 1.25. The van der Waals surface area contributed by atoms with E-state index in [9.17, 15) is 4.39 Å². The van der Waals surface area contributed by atoms with E-state index < -0.39 is 0 Å². The second-order valence-electron chi connectivity index (χ2n) is 4.73. The lowest BCUT2D eigenvalue weighted by atomic mass is 10.3. The first-order valence-electron chi connectivity index (χ1n) is 6.22. The van der Waals surface area contributed by atoms with Gasteiger partial charge >= 0.3 is 0 Å². The zero-order chi connectivity index (χ0) is 12.8. The summed E-state index contributed by atoms with van der Waals surface area (Å²) in [5.74, 6) is -0.302. The maximum atomic E-state index is 13.1. The van der Waals surface area contributed by atoms with Crippen molar-refractivity contribution in [2.24, 2.45) is 0 Å². The molecule has 4 rings (SSSR count). The lowest BCUT2D eigenvalue weighted by Crippen LogP contribution is -2.33. The molecule has 0 bridgehead atoms. The average Bonchev–Trinajstić information content (AvgIpc) is 3.00. The Morgan fingerprint density at radius 1 is 1.42 bits per heavy atom. The van der Waals surface area contributed by atoms with Crippen molar-refractivity contribution < 1.29 is 8.81 Å². The summed E-state index contributed by atoms with van der Waals surface area (Å²) >= 11 is 1.69. The van der Waals surface area contributed by atoms with Crippen molar-refractivity contribution in [3.8, 4) is 0 Å². The van der Waals surface area contributed by atoms with Crippen molar-refractivity contribution in [2.45, 2.75) is 24.4 Å². The van der Waals surface area contributed by atoms with Crippen molar-refractivity contribution in [1.82, 2.24) is 9.88 Å². The third-order valence-electron chi connectivity index (χ3n) is 3.28. The van der Waals surface area contributed by atoms with Crippen LogP contribution in [0.1, 0.15) is 12.8 Å². The van der Waals surface area contributed by atoms with Gasteiger partial charge in [-0.25, -0.2) is 4.39 Å². The lowest BCUT2D eigenvalue weighted by molar-refractivity contribution is 0.368. The van der Waals surface area contributed by atoms with Crippen LogP contribution in [0.4, 0.5) is 10.4 Å². The Bertz CT molecular complexity index is 652. The molecule has 1 aliphatic heterocycles. The highest BCUT2D eigenvalue weighted by molar-refractivity contribution is 8.03. The molecule has 1 unspecified atom stereocenters. The quantitative estimate of drug-likeness (QED) is 0.931. The van der Waals surface area contributed by atoms with Crippen molar-refractivity contribution in [3.05, 3.63) is 35.6 Å². The second kappa shape index (κ2) is 4.16. The molecule has 1 atom stereocenters. The standard InChI is InChI=1S/C13H12FN3OS/c14-8-1-4-11-10(7-8)15-12(18-11)16-13-17(5-6-19-13)9-2-3-9/h1,4-7,9,13H,2-3H2,(H,15,16). The summed E-state index contributed by atoms with van der Waals surface area (Å²) in [6.07, 6.45) is 4.58. The Kier molecular flexibility index (Phi) is 2.44. The molecule has 1 N–H and O–H groups in total. The van der Waals surface area contributed by atoms with Gasteiger partial charge in [-0.15, -0.1) is 0 Å². The summed E-state index contributed by atoms with van der Waals surface area (Å²) in [5, 5.41) is 5.32. The molecular weight excluding hydrogens is 265 g/mol. The van der Waals surface area contributed by atoms with Gasteiger partial charge in [-0.1, -0.05) is 11.8 Å². The number of aromatic nitrogens is 1. The maximum Gasteiger partial charge on any atom is 0.298 e. The van der Waals surface area contributed by atoms with Crippen LogP contribution in [0, 0.1) is 5.82 Å². The van der Waals surface area contributed by atoms with E-state index in [1.165, 1.54) is 25.0 Å². The first-order valence-corrected chi connectivity index (χ1v) is 7.16. The van der Waals surface area contributed by atoms with E-state index in [1.54, 1.807) is 17.8 Å². The average molecular weight is 277 g/mol. The lowest BCUT2D eigenvalue weighted by Gasteiger charge is -2.24. The van der Waals surface area contributed by atoms with Gasteiger partial charge in [0.25, 0.3) is 6.01 Å². The predicted octanol–water partition coefficient (Wildman–Crippen LogP) is 3.34. The first-order chi connectivity index (χ1) is 9.29. The number of anilines is 1. The Morgan fingerprint density at radius 3 is 3.16 bits per heavy atom. The summed E-state index contributed by atoms with van der Waals surface area (Å²) in [6.45, 7) is 0. The van der Waals surface area contributed by atoms with E-state index in [4.69, 9.17) is 4.42 Å². The Balaban J connectivity index is 1.57. The van der Waals surface area contributed by atoms with Gasteiger partial charge < -0.3 is 14.6 Å². The molecular formula is C13H12FN3OS. The van der Waals surface area contributed by atoms with E-state index >= 15 is 0 Å². The fourth-order valence-corrected chi connectivity index (χ4v) is 3.10. The summed E-state index contributed by atoms with van der Waals surface area (Å²) in [7, 11) is 0. The third kappa shape index (κ3) is 2.06. The Morgan fingerprint density at radius 2 is 2.32 bits per heavy atom. The molecule has 1 aromatic heterocycles. The predicted molar refractivity (Wildman–Crippen MR) is 73.0 cm³/mol. The second-order valence-corrected chi connectivity index (χ2v) is 5.72. The van der Waals surface area contributed by atoms with Gasteiger partial charge in [0.05, 0.1) is 0 Å². The van der Waals surface area contributed by atoms with Crippen molar-refractivity contribution in [2.75, 3.05) is 5.32 Å². The SMILES string of the molecule is Fc1ccc2oc(NC3SC=CN3C3CC3)nc2c1. The fourth-order valence-electron chi connectivity index (χ4n) is 2.19. The maximum absolute atomic E-state index is 13.1. The van der Waals surface area contributed by atoms with Crippen LogP contribution in [0.15, 0.2) is 34.2 Å². The van der Waals surface area contributed by atoms with Crippen molar-refractivity contribution in [1.29, 1.82) is 0 Å². The topological polar surface area (TPSA) is 41.3 Å². The molecule has 2 heterocycles. The number of nitrogens with zero attached hydrogens (tertiary/aromatic N) is 2. The zero-order valence-corrected chi connectivity index (χ0v) is 10.9. The molecule has 98 valence electrons. The monoisotopic (exact) mass is 277 g/mol. The van der Waals surface area contributed by atoms with Gasteiger partial charge in [0.2, 0.25) is 0 Å². The van der Waals surface area contributed by atoms with Gasteiger partial charge in [-0.3, -0.25) is 0 Å². The van der Waals surface area contributed by atoms with Gasteiger partial charge in [0.1, 0.15) is 11.3 Å². The van der Waals surface area contributed by atoms with Crippen LogP contribution in [0.3, 0.4) is 0 Å². The molecule has 0 amide bonds.